The van der Waals surface area contributed by atoms with E-state index in [9.17, 15) is 4.79 Å². The quantitative estimate of drug-likeness (QED) is 0.841. The predicted octanol–water partition coefficient (Wildman–Crippen LogP) is 3.71. The molecule has 1 fully saturated rings. The van der Waals surface area contributed by atoms with Crippen molar-refractivity contribution in [2.45, 2.75) is 45.6 Å². The Bertz CT molecular complexity index is 632. The standard InChI is InChI=1S/C14H17N3S.C5H10O2/c1-5-15-6-2-11(1)9-13-10-18-14(17-13)12-3-7-16-8-4-12;1-5(2,3)7-4-6/h3-4,7-8,10-11,15H,1-2,5-6,9H2;4H,1-3H3. The highest BCUT2D eigenvalue weighted by Crippen LogP contribution is 2.25. The van der Waals surface area contributed by atoms with E-state index in [1.54, 1.807) is 11.3 Å². The van der Waals surface area contributed by atoms with Crippen molar-refractivity contribution in [1.29, 1.82) is 0 Å². The second-order valence-corrected chi connectivity index (χ2v) is 7.96. The lowest BCUT2D eigenvalue weighted by atomic mass is 9.93. The highest BCUT2D eigenvalue weighted by molar-refractivity contribution is 7.13. The van der Waals surface area contributed by atoms with Gasteiger partial charge in [-0.05, 0) is 71.2 Å². The SMILES string of the molecule is CC(C)(C)OC=O.c1cc(-c2nc(CC3CCNCC3)cs2)ccn1. The normalized spacial score (nSPS) is 15.2. The summed E-state index contributed by atoms with van der Waals surface area (Å²) in [7, 11) is 0. The molecule has 3 heterocycles. The third-order valence-electron chi connectivity index (χ3n) is 3.84. The van der Waals surface area contributed by atoms with Gasteiger partial charge >= 0.3 is 0 Å². The predicted molar refractivity (Wildman–Crippen MR) is 102 cm³/mol. The summed E-state index contributed by atoms with van der Waals surface area (Å²) < 4.78 is 4.55. The van der Waals surface area contributed by atoms with Gasteiger partial charge in [0.2, 0.25) is 0 Å². The van der Waals surface area contributed by atoms with E-state index in [1.807, 2.05) is 45.3 Å². The fourth-order valence-corrected chi connectivity index (χ4v) is 3.39. The number of hydrogen-bond acceptors (Lipinski definition) is 6. The van der Waals surface area contributed by atoms with E-state index in [0.717, 1.165) is 30.4 Å². The van der Waals surface area contributed by atoms with Crippen LogP contribution in [0.1, 0.15) is 39.3 Å². The van der Waals surface area contributed by atoms with Crippen molar-refractivity contribution < 1.29 is 9.53 Å². The number of rotatable bonds is 4. The molecule has 0 spiro atoms. The summed E-state index contributed by atoms with van der Waals surface area (Å²) in [5, 5.41) is 6.73. The van der Waals surface area contributed by atoms with Gasteiger partial charge in [0.1, 0.15) is 10.6 Å². The van der Waals surface area contributed by atoms with Gasteiger partial charge in [0.25, 0.3) is 6.47 Å². The third-order valence-corrected chi connectivity index (χ3v) is 4.78. The molecule has 1 aliphatic rings. The van der Waals surface area contributed by atoms with Gasteiger partial charge in [0.05, 0.1) is 5.69 Å². The van der Waals surface area contributed by atoms with E-state index in [-0.39, 0.29) is 5.60 Å². The molecule has 0 amide bonds. The second kappa shape index (κ2) is 9.63. The lowest BCUT2D eigenvalue weighted by Crippen LogP contribution is -2.28. The molecule has 3 rings (SSSR count). The average molecular weight is 362 g/mol. The summed E-state index contributed by atoms with van der Waals surface area (Å²) in [4.78, 5) is 18.4. The van der Waals surface area contributed by atoms with Gasteiger partial charge < -0.3 is 10.1 Å². The van der Waals surface area contributed by atoms with Crippen LogP contribution in [0.2, 0.25) is 0 Å². The maximum Gasteiger partial charge on any atom is 0.293 e. The van der Waals surface area contributed by atoms with Crippen LogP contribution in [0, 0.1) is 5.92 Å². The number of hydrogen-bond donors (Lipinski definition) is 1. The Hall–Kier alpha value is -1.79. The Labute approximate surface area is 153 Å². The topological polar surface area (TPSA) is 64.1 Å². The smallest absolute Gasteiger partial charge is 0.293 e. The molecule has 2 aromatic heterocycles. The minimum atomic E-state index is -0.318. The zero-order valence-corrected chi connectivity index (χ0v) is 16.0. The van der Waals surface area contributed by atoms with Crippen molar-refractivity contribution in [2.24, 2.45) is 5.92 Å². The number of nitrogens with zero attached hydrogens (tertiary/aromatic N) is 2. The Kier molecular flexibility index (Phi) is 7.52. The number of ether oxygens (including phenoxy) is 1. The number of aromatic nitrogens is 2. The highest BCUT2D eigenvalue weighted by Gasteiger charge is 2.15. The van der Waals surface area contributed by atoms with Crippen LogP contribution in [-0.4, -0.2) is 35.1 Å². The van der Waals surface area contributed by atoms with Crippen LogP contribution < -0.4 is 5.32 Å². The summed E-state index contributed by atoms with van der Waals surface area (Å²) >= 11 is 1.74. The molecule has 136 valence electrons. The Balaban J connectivity index is 0.000000277. The molecule has 1 saturated heterocycles. The van der Waals surface area contributed by atoms with E-state index in [0.29, 0.717) is 6.47 Å². The van der Waals surface area contributed by atoms with Crippen LogP contribution in [0.5, 0.6) is 0 Å². The number of carbonyl (C=O) groups is 1. The van der Waals surface area contributed by atoms with Crippen LogP contribution >= 0.6 is 11.3 Å². The molecule has 0 radical (unpaired) electrons. The van der Waals surface area contributed by atoms with Crippen molar-refractivity contribution in [3.8, 4) is 10.6 Å². The van der Waals surface area contributed by atoms with E-state index in [2.05, 4.69) is 20.4 Å². The monoisotopic (exact) mass is 361 g/mol. The van der Waals surface area contributed by atoms with E-state index in [1.165, 1.54) is 24.1 Å². The van der Waals surface area contributed by atoms with Crippen molar-refractivity contribution in [3.63, 3.8) is 0 Å². The molecule has 0 aliphatic carbocycles. The third kappa shape index (κ3) is 7.32. The first-order valence-corrected chi connectivity index (χ1v) is 9.53. The van der Waals surface area contributed by atoms with Gasteiger partial charge in [-0.2, -0.15) is 0 Å². The van der Waals surface area contributed by atoms with Crippen LogP contribution in [0.3, 0.4) is 0 Å². The average Bonchev–Trinajstić information content (AvgIpc) is 3.05. The zero-order chi connectivity index (χ0) is 18.1. The molecule has 6 heteroatoms. The van der Waals surface area contributed by atoms with Crippen LogP contribution in [-0.2, 0) is 16.0 Å². The molecule has 0 atom stereocenters. The van der Waals surface area contributed by atoms with Gasteiger partial charge in [-0.15, -0.1) is 11.3 Å². The van der Waals surface area contributed by atoms with Gasteiger partial charge in [-0.3, -0.25) is 9.78 Å². The van der Waals surface area contributed by atoms with Crippen molar-refractivity contribution in [1.82, 2.24) is 15.3 Å². The molecular weight excluding hydrogens is 334 g/mol. The molecule has 2 aromatic rings. The van der Waals surface area contributed by atoms with Crippen molar-refractivity contribution in [2.75, 3.05) is 13.1 Å². The number of nitrogens with one attached hydrogen (secondary N) is 1. The molecule has 1 aliphatic heterocycles. The number of piperidine rings is 1. The highest BCUT2D eigenvalue weighted by atomic mass is 32.1. The summed E-state index contributed by atoms with van der Waals surface area (Å²) in [6.45, 7) is 8.24. The van der Waals surface area contributed by atoms with E-state index >= 15 is 0 Å². The summed E-state index contributed by atoms with van der Waals surface area (Å²) in [6, 6.07) is 4.04. The number of thiazole rings is 1. The minimum absolute atomic E-state index is 0.318. The van der Waals surface area contributed by atoms with Crippen molar-refractivity contribution >= 4 is 17.8 Å². The lowest BCUT2D eigenvalue weighted by Gasteiger charge is -2.21. The fraction of sp³-hybridized carbons (Fsp3) is 0.526. The first-order valence-electron chi connectivity index (χ1n) is 8.65. The Morgan fingerprint density at radius 2 is 1.96 bits per heavy atom. The molecule has 0 saturated carbocycles. The van der Waals surface area contributed by atoms with Crippen LogP contribution in [0.4, 0.5) is 0 Å². The lowest BCUT2D eigenvalue weighted by molar-refractivity contribution is -0.138. The molecule has 0 unspecified atom stereocenters. The van der Waals surface area contributed by atoms with Crippen molar-refractivity contribution in [3.05, 3.63) is 35.6 Å². The Morgan fingerprint density at radius 3 is 2.52 bits per heavy atom. The Morgan fingerprint density at radius 1 is 1.28 bits per heavy atom. The van der Waals surface area contributed by atoms with Crippen LogP contribution in [0.15, 0.2) is 29.9 Å². The molecule has 0 aromatic carbocycles. The fourth-order valence-electron chi connectivity index (χ4n) is 2.55. The van der Waals surface area contributed by atoms with Gasteiger partial charge in [-0.25, -0.2) is 4.98 Å². The first-order chi connectivity index (χ1) is 12.0. The second-order valence-electron chi connectivity index (χ2n) is 7.10. The molecule has 1 N–H and O–H groups in total. The molecule has 25 heavy (non-hydrogen) atoms. The van der Waals surface area contributed by atoms with Crippen LogP contribution in [0.25, 0.3) is 10.6 Å². The first kappa shape index (κ1) is 19.5. The largest absolute Gasteiger partial charge is 0.462 e. The maximum atomic E-state index is 9.60. The molecule has 5 nitrogen and oxygen atoms in total. The zero-order valence-electron chi connectivity index (χ0n) is 15.2. The number of pyridine rings is 1. The van der Waals surface area contributed by atoms with E-state index < -0.39 is 0 Å². The van der Waals surface area contributed by atoms with Gasteiger partial charge in [-0.1, -0.05) is 0 Å². The summed E-state index contributed by atoms with van der Waals surface area (Å²) in [6.07, 6.45) is 7.33. The number of carbonyl (C=O) groups excluding carboxylic acids is 1. The summed E-state index contributed by atoms with van der Waals surface area (Å²) in [5.41, 5.74) is 2.10. The maximum absolute atomic E-state index is 9.60. The van der Waals surface area contributed by atoms with Gasteiger partial charge in [0.15, 0.2) is 0 Å². The van der Waals surface area contributed by atoms with E-state index in [4.69, 9.17) is 4.98 Å². The molecule has 0 bridgehead atoms. The molecular formula is C19H27N3O2S. The minimum Gasteiger partial charge on any atom is -0.462 e. The van der Waals surface area contributed by atoms with Gasteiger partial charge in [0, 0.05) is 23.3 Å². The summed E-state index contributed by atoms with van der Waals surface area (Å²) in [5.74, 6) is 0.804.